The normalized spacial score (nSPS) is 10.8. The summed E-state index contributed by atoms with van der Waals surface area (Å²) >= 11 is 5.91. The summed E-state index contributed by atoms with van der Waals surface area (Å²) in [6.07, 6.45) is 0.675. The molecule has 0 aromatic carbocycles. The van der Waals surface area contributed by atoms with E-state index in [0.717, 1.165) is 5.69 Å². The Labute approximate surface area is 76.3 Å². The lowest BCUT2D eigenvalue weighted by Crippen LogP contribution is -1.99. The molecule has 0 aliphatic carbocycles. The van der Waals surface area contributed by atoms with Gasteiger partial charge in [-0.1, -0.05) is 25.4 Å². The summed E-state index contributed by atoms with van der Waals surface area (Å²) < 4.78 is 1.65. The molecule has 0 saturated heterocycles. The Morgan fingerprint density at radius 1 is 1.58 bits per heavy atom. The van der Waals surface area contributed by atoms with Gasteiger partial charge >= 0.3 is 0 Å². The van der Waals surface area contributed by atoms with Crippen molar-refractivity contribution in [1.29, 1.82) is 0 Å². The topological polar surface area (TPSA) is 34.9 Å². The highest BCUT2D eigenvalue weighted by atomic mass is 35.5. The van der Waals surface area contributed by atoms with Crippen LogP contribution in [0.15, 0.2) is 0 Å². The summed E-state index contributed by atoms with van der Waals surface area (Å²) in [6.45, 7) is 4.02. The quantitative estimate of drug-likeness (QED) is 0.663. The van der Waals surface area contributed by atoms with E-state index < -0.39 is 0 Å². The van der Waals surface area contributed by atoms with Crippen LogP contribution in [0.2, 0.25) is 5.02 Å². The van der Waals surface area contributed by atoms with E-state index in [2.05, 4.69) is 5.10 Å². The first kappa shape index (κ1) is 9.26. The van der Waals surface area contributed by atoms with Crippen molar-refractivity contribution >= 4 is 17.9 Å². The maximum Gasteiger partial charge on any atom is 0.171 e. The van der Waals surface area contributed by atoms with E-state index in [1.54, 1.807) is 11.7 Å². The summed E-state index contributed by atoms with van der Waals surface area (Å²) in [6, 6.07) is 0. The number of carbonyl (C=O) groups is 1. The molecule has 0 aliphatic rings. The molecule has 0 unspecified atom stereocenters. The Hall–Kier alpha value is -0.830. The average Bonchev–Trinajstić information content (AvgIpc) is 2.25. The molecule has 0 N–H and O–H groups in total. The molecule has 0 spiro atoms. The molecular weight excluding hydrogens is 176 g/mol. The van der Waals surface area contributed by atoms with E-state index in [0.29, 0.717) is 17.0 Å². The van der Waals surface area contributed by atoms with E-state index in [9.17, 15) is 4.79 Å². The third-order valence-electron chi connectivity index (χ3n) is 1.71. The number of carbonyl (C=O) groups excluding carboxylic acids is 1. The van der Waals surface area contributed by atoms with Crippen LogP contribution in [0.25, 0.3) is 0 Å². The van der Waals surface area contributed by atoms with Crippen molar-refractivity contribution in [3.8, 4) is 0 Å². The Morgan fingerprint density at radius 3 is 2.42 bits per heavy atom. The maximum atomic E-state index is 10.5. The number of nitrogens with zero attached hydrogens (tertiary/aromatic N) is 2. The standard InChI is InChI=1S/C8H11ClN2O/c1-5(2)8-7(9)6(4-12)10-11(8)3/h4-5H,1-3H3. The van der Waals surface area contributed by atoms with Gasteiger partial charge in [0.2, 0.25) is 0 Å². The first-order valence-electron chi connectivity index (χ1n) is 3.75. The summed E-state index contributed by atoms with van der Waals surface area (Å²) in [5.74, 6) is 0.281. The Kier molecular flexibility index (Phi) is 2.52. The molecule has 0 aliphatic heterocycles. The molecule has 0 fully saturated rings. The molecule has 66 valence electrons. The van der Waals surface area contributed by atoms with E-state index in [4.69, 9.17) is 11.6 Å². The van der Waals surface area contributed by atoms with Crippen molar-refractivity contribution in [2.24, 2.45) is 7.05 Å². The number of aromatic nitrogens is 2. The van der Waals surface area contributed by atoms with Crippen molar-refractivity contribution in [2.75, 3.05) is 0 Å². The zero-order valence-corrected chi connectivity index (χ0v) is 8.09. The van der Waals surface area contributed by atoms with Crippen LogP contribution in [0, 0.1) is 0 Å². The fourth-order valence-corrected chi connectivity index (χ4v) is 1.66. The predicted octanol–water partition coefficient (Wildman–Crippen LogP) is 2.01. The van der Waals surface area contributed by atoms with Crippen molar-refractivity contribution in [1.82, 2.24) is 9.78 Å². The SMILES string of the molecule is CC(C)c1c(Cl)c(C=O)nn1C. The third-order valence-corrected chi connectivity index (χ3v) is 2.10. The van der Waals surface area contributed by atoms with Crippen LogP contribution in [0.1, 0.15) is 35.9 Å². The van der Waals surface area contributed by atoms with Gasteiger partial charge in [-0.3, -0.25) is 9.48 Å². The van der Waals surface area contributed by atoms with E-state index in [1.807, 2.05) is 13.8 Å². The molecule has 1 aromatic heterocycles. The molecule has 1 aromatic rings. The second-order valence-electron chi connectivity index (χ2n) is 2.98. The van der Waals surface area contributed by atoms with Gasteiger partial charge in [-0.05, 0) is 5.92 Å². The number of hydrogen-bond donors (Lipinski definition) is 0. The highest BCUT2D eigenvalue weighted by Crippen LogP contribution is 2.25. The highest BCUT2D eigenvalue weighted by molar-refractivity contribution is 6.33. The van der Waals surface area contributed by atoms with E-state index in [-0.39, 0.29) is 5.92 Å². The van der Waals surface area contributed by atoms with Crippen LogP contribution in [0.4, 0.5) is 0 Å². The van der Waals surface area contributed by atoms with Gasteiger partial charge in [0.15, 0.2) is 6.29 Å². The van der Waals surface area contributed by atoms with Gasteiger partial charge in [-0.15, -0.1) is 0 Å². The largest absolute Gasteiger partial charge is 0.296 e. The summed E-state index contributed by atoms with van der Waals surface area (Å²) in [7, 11) is 1.79. The lowest BCUT2D eigenvalue weighted by molar-refractivity contribution is 0.111. The van der Waals surface area contributed by atoms with Gasteiger partial charge in [0.25, 0.3) is 0 Å². The van der Waals surface area contributed by atoms with Crippen LogP contribution in [-0.2, 0) is 7.05 Å². The zero-order valence-electron chi connectivity index (χ0n) is 7.34. The van der Waals surface area contributed by atoms with Crippen molar-refractivity contribution in [3.63, 3.8) is 0 Å². The molecular formula is C8H11ClN2O. The maximum absolute atomic E-state index is 10.5. The van der Waals surface area contributed by atoms with Gasteiger partial charge < -0.3 is 0 Å². The smallest absolute Gasteiger partial charge is 0.171 e. The average molecular weight is 187 g/mol. The third kappa shape index (κ3) is 1.37. The molecule has 3 nitrogen and oxygen atoms in total. The molecule has 12 heavy (non-hydrogen) atoms. The number of aryl methyl sites for hydroxylation is 1. The van der Waals surface area contributed by atoms with Crippen molar-refractivity contribution in [2.45, 2.75) is 19.8 Å². The van der Waals surface area contributed by atoms with Gasteiger partial charge in [0.05, 0.1) is 10.7 Å². The number of aldehydes is 1. The molecule has 4 heteroatoms. The summed E-state index contributed by atoms with van der Waals surface area (Å²) in [5.41, 5.74) is 1.22. The monoisotopic (exact) mass is 186 g/mol. The van der Waals surface area contributed by atoms with Crippen LogP contribution < -0.4 is 0 Å². The summed E-state index contributed by atoms with van der Waals surface area (Å²) in [5, 5.41) is 4.44. The van der Waals surface area contributed by atoms with E-state index in [1.165, 1.54) is 0 Å². The Balaban J connectivity index is 3.27. The lowest BCUT2D eigenvalue weighted by atomic mass is 10.1. The van der Waals surface area contributed by atoms with E-state index >= 15 is 0 Å². The Bertz CT molecular complexity index is 304. The van der Waals surface area contributed by atoms with Gasteiger partial charge in [-0.25, -0.2) is 0 Å². The van der Waals surface area contributed by atoms with Gasteiger partial charge in [-0.2, -0.15) is 5.10 Å². The number of hydrogen-bond acceptors (Lipinski definition) is 2. The first-order chi connectivity index (χ1) is 5.57. The molecule has 0 bridgehead atoms. The second kappa shape index (κ2) is 3.27. The molecule has 0 saturated carbocycles. The van der Waals surface area contributed by atoms with Crippen LogP contribution in [0.5, 0.6) is 0 Å². The molecule has 1 heterocycles. The second-order valence-corrected chi connectivity index (χ2v) is 3.36. The number of halogens is 1. The molecule has 0 atom stereocenters. The van der Waals surface area contributed by atoms with Gasteiger partial charge in [0.1, 0.15) is 5.69 Å². The fourth-order valence-electron chi connectivity index (χ4n) is 1.24. The van der Waals surface area contributed by atoms with Crippen LogP contribution >= 0.6 is 11.6 Å². The number of rotatable bonds is 2. The zero-order chi connectivity index (χ0) is 9.30. The Morgan fingerprint density at radius 2 is 2.17 bits per heavy atom. The highest BCUT2D eigenvalue weighted by Gasteiger charge is 2.15. The van der Waals surface area contributed by atoms with Crippen LogP contribution in [-0.4, -0.2) is 16.1 Å². The molecule has 1 rings (SSSR count). The van der Waals surface area contributed by atoms with Crippen molar-refractivity contribution in [3.05, 3.63) is 16.4 Å². The summed E-state index contributed by atoms with van der Waals surface area (Å²) in [4.78, 5) is 10.5. The minimum atomic E-state index is 0.281. The predicted molar refractivity (Wildman–Crippen MR) is 47.7 cm³/mol. The molecule has 0 amide bonds. The minimum absolute atomic E-state index is 0.281. The first-order valence-corrected chi connectivity index (χ1v) is 4.13. The molecule has 0 radical (unpaired) electrons. The lowest BCUT2D eigenvalue weighted by Gasteiger charge is -2.04. The van der Waals surface area contributed by atoms with Crippen LogP contribution in [0.3, 0.4) is 0 Å². The van der Waals surface area contributed by atoms with Crippen molar-refractivity contribution < 1.29 is 4.79 Å². The fraction of sp³-hybridized carbons (Fsp3) is 0.500. The minimum Gasteiger partial charge on any atom is -0.296 e. The van der Waals surface area contributed by atoms with Gasteiger partial charge in [0, 0.05) is 7.05 Å².